The van der Waals surface area contributed by atoms with Gasteiger partial charge in [-0.2, -0.15) is 0 Å². The second kappa shape index (κ2) is 6.61. The molecule has 0 aliphatic heterocycles. The van der Waals surface area contributed by atoms with Crippen LogP contribution in [0.5, 0.6) is 0 Å². The summed E-state index contributed by atoms with van der Waals surface area (Å²) in [5.41, 5.74) is 2.29. The first-order chi connectivity index (χ1) is 8.81. The van der Waals surface area contributed by atoms with Crippen molar-refractivity contribution in [2.24, 2.45) is 0 Å². The molecule has 0 saturated heterocycles. The summed E-state index contributed by atoms with van der Waals surface area (Å²) in [4.78, 5) is 11.4. The number of amides is 1. The number of nitrogens with one attached hydrogen (secondary N) is 1. The van der Waals surface area contributed by atoms with Gasteiger partial charge in [-0.1, -0.05) is 24.6 Å². The van der Waals surface area contributed by atoms with Gasteiger partial charge in [-0.25, -0.2) is 8.78 Å². The fourth-order valence-electron chi connectivity index (χ4n) is 1.54. The number of carbonyl (C=O) groups is 1. The SMILES string of the molecule is CCC(=O)Nc1ccc(C)cc1COCC(C)(F)F. The molecule has 1 aromatic carbocycles. The Kier molecular flexibility index (Phi) is 5.42. The number of ether oxygens (including phenoxy) is 1. The normalized spacial score (nSPS) is 11.4. The van der Waals surface area contributed by atoms with E-state index in [0.29, 0.717) is 17.7 Å². The molecule has 0 spiro atoms. The molecule has 0 unspecified atom stereocenters. The number of hydrogen-bond donors (Lipinski definition) is 1. The lowest BCUT2D eigenvalue weighted by Crippen LogP contribution is -2.19. The van der Waals surface area contributed by atoms with E-state index in [1.54, 1.807) is 13.0 Å². The van der Waals surface area contributed by atoms with Crippen LogP contribution in [0.25, 0.3) is 0 Å². The van der Waals surface area contributed by atoms with Crippen LogP contribution in [0.2, 0.25) is 0 Å². The van der Waals surface area contributed by atoms with Crippen LogP contribution in [0.3, 0.4) is 0 Å². The van der Waals surface area contributed by atoms with E-state index in [4.69, 9.17) is 4.74 Å². The predicted octanol–water partition coefficient (Wildman–Crippen LogP) is 3.52. The number of rotatable bonds is 6. The van der Waals surface area contributed by atoms with E-state index in [1.807, 2.05) is 19.1 Å². The Balaban J connectivity index is 2.74. The van der Waals surface area contributed by atoms with Crippen LogP contribution in [0.4, 0.5) is 14.5 Å². The van der Waals surface area contributed by atoms with Gasteiger partial charge in [0.25, 0.3) is 5.92 Å². The van der Waals surface area contributed by atoms with Crippen LogP contribution >= 0.6 is 0 Å². The van der Waals surface area contributed by atoms with Crippen molar-refractivity contribution in [2.75, 3.05) is 11.9 Å². The molecule has 0 bridgehead atoms. The van der Waals surface area contributed by atoms with Crippen molar-refractivity contribution >= 4 is 11.6 Å². The zero-order chi connectivity index (χ0) is 14.5. The van der Waals surface area contributed by atoms with Gasteiger partial charge in [0.1, 0.15) is 6.61 Å². The van der Waals surface area contributed by atoms with Gasteiger partial charge < -0.3 is 10.1 Å². The van der Waals surface area contributed by atoms with Gasteiger partial charge in [-0.05, 0) is 13.0 Å². The lowest BCUT2D eigenvalue weighted by Gasteiger charge is -2.14. The number of aryl methyl sites for hydroxylation is 1. The highest BCUT2D eigenvalue weighted by Crippen LogP contribution is 2.20. The van der Waals surface area contributed by atoms with E-state index < -0.39 is 12.5 Å². The summed E-state index contributed by atoms with van der Waals surface area (Å²) in [7, 11) is 0. The zero-order valence-corrected chi connectivity index (χ0v) is 11.4. The first-order valence-corrected chi connectivity index (χ1v) is 6.17. The van der Waals surface area contributed by atoms with E-state index in [0.717, 1.165) is 12.5 Å². The van der Waals surface area contributed by atoms with E-state index in [2.05, 4.69) is 5.32 Å². The molecule has 0 saturated carbocycles. The Hall–Kier alpha value is -1.49. The van der Waals surface area contributed by atoms with Crippen LogP contribution in [0, 0.1) is 6.92 Å². The van der Waals surface area contributed by atoms with Gasteiger partial charge in [0.2, 0.25) is 5.91 Å². The molecule has 0 atom stereocenters. The molecular weight excluding hydrogens is 252 g/mol. The lowest BCUT2D eigenvalue weighted by molar-refractivity contribution is -0.115. The van der Waals surface area contributed by atoms with Crippen molar-refractivity contribution in [3.63, 3.8) is 0 Å². The minimum Gasteiger partial charge on any atom is -0.370 e. The molecule has 0 heterocycles. The molecule has 0 aliphatic carbocycles. The summed E-state index contributed by atoms with van der Waals surface area (Å²) in [5, 5.41) is 2.73. The molecule has 0 aliphatic rings. The quantitative estimate of drug-likeness (QED) is 0.859. The number of anilines is 1. The van der Waals surface area contributed by atoms with Crippen molar-refractivity contribution < 1.29 is 18.3 Å². The van der Waals surface area contributed by atoms with Crippen LogP contribution < -0.4 is 5.32 Å². The van der Waals surface area contributed by atoms with Gasteiger partial charge in [-0.3, -0.25) is 4.79 Å². The minimum absolute atomic E-state index is 0.0461. The Morgan fingerprint density at radius 1 is 1.42 bits per heavy atom. The maximum Gasteiger partial charge on any atom is 0.268 e. The highest BCUT2D eigenvalue weighted by atomic mass is 19.3. The third kappa shape index (κ3) is 5.79. The van der Waals surface area contributed by atoms with Gasteiger partial charge >= 0.3 is 0 Å². The van der Waals surface area contributed by atoms with Crippen LogP contribution in [-0.2, 0) is 16.1 Å². The van der Waals surface area contributed by atoms with E-state index >= 15 is 0 Å². The highest BCUT2D eigenvalue weighted by Gasteiger charge is 2.21. The molecule has 3 nitrogen and oxygen atoms in total. The summed E-state index contributed by atoms with van der Waals surface area (Å²) in [6, 6.07) is 5.42. The summed E-state index contributed by atoms with van der Waals surface area (Å²) >= 11 is 0. The molecule has 1 rings (SSSR count). The molecular formula is C14H19F2NO2. The number of alkyl halides is 2. The van der Waals surface area contributed by atoms with Gasteiger partial charge in [0, 0.05) is 24.6 Å². The van der Waals surface area contributed by atoms with Crippen LogP contribution in [0.1, 0.15) is 31.4 Å². The summed E-state index contributed by atoms with van der Waals surface area (Å²) < 4.78 is 30.3. The van der Waals surface area contributed by atoms with Crippen LogP contribution in [0.15, 0.2) is 18.2 Å². The second-order valence-electron chi connectivity index (χ2n) is 4.63. The fraction of sp³-hybridized carbons (Fsp3) is 0.500. The first kappa shape index (κ1) is 15.6. The Bertz CT molecular complexity index is 442. The molecule has 5 heteroatoms. The van der Waals surface area contributed by atoms with E-state index in [1.165, 1.54) is 0 Å². The van der Waals surface area contributed by atoms with Crippen molar-refractivity contribution in [1.82, 2.24) is 0 Å². The van der Waals surface area contributed by atoms with E-state index in [-0.39, 0.29) is 12.5 Å². The fourth-order valence-corrected chi connectivity index (χ4v) is 1.54. The van der Waals surface area contributed by atoms with Crippen LogP contribution in [-0.4, -0.2) is 18.4 Å². The average molecular weight is 271 g/mol. The topological polar surface area (TPSA) is 38.3 Å². The van der Waals surface area contributed by atoms with Gasteiger partial charge in [0.05, 0.1) is 6.61 Å². The smallest absolute Gasteiger partial charge is 0.268 e. The summed E-state index contributed by atoms with van der Waals surface area (Å²) in [6.45, 7) is 3.86. The van der Waals surface area contributed by atoms with Gasteiger partial charge in [0.15, 0.2) is 0 Å². The van der Waals surface area contributed by atoms with Crippen molar-refractivity contribution in [2.45, 2.75) is 39.7 Å². The molecule has 1 N–H and O–H groups in total. The number of hydrogen-bond acceptors (Lipinski definition) is 2. The Labute approximate surface area is 112 Å². The van der Waals surface area contributed by atoms with Crippen molar-refractivity contribution in [1.29, 1.82) is 0 Å². The maximum absolute atomic E-state index is 12.7. The Morgan fingerprint density at radius 2 is 2.11 bits per heavy atom. The van der Waals surface area contributed by atoms with E-state index in [9.17, 15) is 13.6 Å². The number of halogens is 2. The number of carbonyl (C=O) groups excluding carboxylic acids is 1. The molecule has 1 aromatic rings. The highest BCUT2D eigenvalue weighted by molar-refractivity contribution is 5.91. The zero-order valence-electron chi connectivity index (χ0n) is 11.4. The molecule has 0 aromatic heterocycles. The third-order valence-corrected chi connectivity index (χ3v) is 2.47. The minimum atomic E-state index is -2.85. The molecule has 19 heavy (non-hydrogen) atoms. The average Bonchev–Trinajstić information content (AvgIpc) is 2.30. The molecule has 1 amide bonds. The summed E-state index contributed by atoms with van der Waals surface area (Å²) in [6.07, 6.45) is 0.362. The standard InChI is InChI=1S/C14H19F2NO2/c1-4-13(18)17-12-6-5-10(2)7-11(12)8-19-9-14(3,15)16/h5-7H,4,8-9H2,1-3H3,(H,17,18). The second-order valence-corrected chi connectivity index (χ2v) is 4.63. The predicted molar refractivity (Wildman–Crippen MR) is 70.4 cm³/mol. The molecule has 0 radical (unpaired) electrons. The van der Waals surface area contributed by atoms with Crippen molar-refractivity contribution in [3.05, 3.63) is 29.3 Å². The largest absolute Gasteiger partial charge is 0.370 e. The molecule has 106 valence electrons. The monoisotopic (exact) mass is 271 g/mol. The lowest BCUT2D eigenvalue weighted by atomic mass is 10.1. The van der Waals surface area contributed by atoms with Gasteiger partial charge in [-0.15, -0.1) is 0 Å². The van der Waals surface area contributed by atoms with Crippen molar-refractivity contribution in [3.8, 4) is 0 Å². The Morgan fingerprint density at radius 3 is 2.68 bits per heavy atom. The molecule has 0 fully saturated rings. The first-order valence-electron chi connectivity index (χ1n) is 6.17. The maximum atomic E-state index is 12.7. The number of benzene rings is 1. The summed E-state index contributed by atoms with van der Waals surface area (Å²) in [5.74, 6) is -2.97. The third-order valence-electron chi connectivity index (χ3n) is 2.47.